The third-order valence-electron chi connectivity index (χ3n) is 6.20. The Hall–Kier alpha value is -4.57. The van der Waals surface area contributed by atoms with Crippen molar-refractivity contribution >= 4 is 50.1 Å². The van der Waals surface area contributed by atoms with Crippen LogP contribution in [0, 0.1) is 18.4 Å². The molecule has 0 saturated carbocycles. The fraction of sp³-hybridized carbons (Fsp3) is 0.333. The molecule has 0 bridgehead atoms. The van der Waals surface area contributed by atoms with Gasteiger partial charge in [-0.3, -0.25) is 19.6 Å². The van der Waals surface area contributed by atoms with Gasteiger partial charge >= 0.3 is 0 Å². The first-order valence-corrected chi connectivity index (χ1v) is 14.6. The Bertz CT molecular complexity index is 1560. The second kappa shape index (κ2) is 12.5. The molecule has 2 aromatic carbocycles. The van der Waals surface area contributed by atoms with Crippen LogP contribution in [0.5, 0.6) is 0 Å². The van der Waals surface area contributed by atoms with Crippen molar-refractivity contribution in [2.45, 2.75) is 38.8 Å². The van der Waals surface area contributed by atoms with Crippen molar-refractivity contribution in [3.8, 4) is 6.19 Å². The summed E-state index contributed by atoms with van der Waals surface area (Å²) in [5.74, 6) is 0.307. The van der Waals surface area contributed by atoms with Gasteiger partial charge in [0.15, 0.2) is 6.19 Å². The highest BCUT2D eigenvalue weighted by molar-refractivity contribution is 7.92. The molecule has 0 spiro atoms. The smallest absolute Gasteiger partial charge is 0.247 e. The van der Waals surface area contributed by atoms with Crippen molar-refractivity contribution in [3.63, 3.8) is 0 Å². The SMILES string of the molecule is Cc1cc2cc(NC(=N[C@H]3CCCCN(CC(=O)NCc4ccc(NS(C)(=O)=O)cc4)C3=O)NC#N)ccc2o1. The molecular weight excluding hydrogens is 534 g/mol. The molecule has 0 unspecified atom stereocenters. The van der Waals surface area contributed by atoms with Gasteiger partial charge in [-0.2, -0.15) is 5.26 Å². The van der Waals surface area contributed by atoms with E-state index in [-0.39, 0.29) is 30.9 Å². The zero-order valence-electron chi connectivity index (χ0n) is 22.2. The second-order valence-corrected chi connectivity index (χ2v) is 11.3. The quantitative estimate of drug-likeness (QED) is 0.140. The molecule has 1 aliphatic rings. The number of fused-ring (bicyclic) bond motifs is 1. The normalized spacial score (nSPS) is 16.2. The molecule has 3 aromatic rings. The van der Waals surface area contributed by atoms with Crippen LogP contribution in [0.1, 0.15) is 30.6 Å². The number of carbonyl (C=O) groups excluding carboxylic acids is 2. The van der Waals surface area contributed by atoms with E-state index in [2.05, 4.69) is 25.7 Å². The summed E-state index contributed by atoms with van der Waals surface area (Å²) in [5, 5.41) is 18.5. The maximum absolute atomic E-state index is 13.3. The molecular formula is C27H31N7O5S. The first kappa shape index (κ1) is 28.4. The third kappa shape index (κ3) is 7.97. The van der Waals surface area contributed by atoms with Gasteiger partial charge < -0.3 is 20.0 Å². The average molecular weight is 566 g/mol. The van der Waals surface area contributed by atoms with Gasteiger partial charge in [0.25, 0.3) is 0 Å². The number of aliphatic imine (C=N–C) groups is 1. The van der Waals surface area contributed by atoms with Gasteiger partial charge in [0, 0.05) is 29.9 Å². The Morgan fingerprint density at radius 1 is 1.15 bits per heavy atom. The summed E-state index contributed by atoms with van der Waals surface area (Å²) >= 11 is 0. The number of amides is 2. The predicted molar refractivity (Wildman–Crippen MR) is 152 cm³/mol. The Morgan fingerprint density at radius 2 is 1.90 bits per heavy atom. The molecule has 0 aliphatic carbocycles. The van der Waals surface area contributed by atoms with Gasteiger partial charge in [0.1, 0.15) is 17.4 Å². The number of furan rings is 1. The van der Waals surface area contributed by atoms with Gasteiger partial charge in [0.05, 0.1) is 12.8 Å². The zero-order valence-corrected chi connectivity index (χ0v) is 23.0. The highest BCUT2D eigenvalue weighted by atomic mass is 32.2. The molecule has 40 heavy (non-hydrogen) atoms. The van der Waals surface area contributed by atoms with E-state index < -0.39 is 16.1 Å². The number of guanidine groups is 1. The number of carbonyl (C=O) groups is 2. The van der Waals surface area contributed by atoms with Crippen LogP contribution in [-0.4, -0.2) is 56.5 Å². The fourth-order valence-corrected chi connectivity index (χ4v) is 4.96. The molecule has 1 saturated heterocycles. The number of rotatable bonds is 8. The standard InChI is InChI=1S/C27H31N7O5S/c1-18-13-20-14-22(10-11-24(20)39-18)31-27(30-17-28)32-23-5-3-4-12-34(26(23)36)16-25(35)29-15-19-6-8-21(9-7-19)33-40(2,37)38/h6-11,13-14,23,33H,3-5,12,15-16H2,1-2H3,(H,29,35)(H2,30,31,32)/t23-/m0/s1. The minimum absolute atomic E-state index is 0.122. The van der Waals surface area contributed by atoms with Crippen LogP contribution in [0.25, 0.3) is 11.0 Å². The topological polar surface area (TPSA) is 169 Å². The Labute approximate surface area is 232 Å². The molecule has 12 nitrogen and oxygen atoms in total. The first-order valence-electron chi connectivity index (χ1n) is 12.7. The van der Waals surface area contributed by atoms with Crippen molar-refractivity contribution in [2.75, 3.05) is 29.4 Å². The van der Waals surface area contributed by atoms with Crippen molar-refractivity contribution in [3.05, 3.63) is 59.9 Å². The molecule has 1 atom stereocenters. The molecule has 1 aliphatic heterocycles. The number of nitrogens with zero attached hydrogens (tertiary/aromatic N) is 3. The Kier molecular flexibility index (Phi) is 8.90. The van der Waals surface area contributed by atoms with E-state index in [4.69, 9.17) is 4.42 Å². The van der Waals surface area contributed by atoms with Crippen LogP contribution in [0.2, 0.25) is 0 Å². The number of benzene rings is 2. The van der Waals surface area contributed by atoms with Crippen molar-refractivity contribution in [2.24, 2.45) is 4.99 Å². The van der Waals surface area contributed by atoms with Crippen molar-refractivity contribution in [1.29, 1.82) is 5.26 Å². The molecule has 210 valence electrons. The van der Waals surface area contributed by atoms with E-state index in [1.807, 2.05) is 31.3 Å². The van der Waals surface area contributed by atoms with Gasteiger partial charge in [-0.1, -0.05) is 12.1 Å². The Balaban J connectivity index is 1.38. The monoisotopic (exact) mass is 565 g/mol. The highest BCUT2D eigenvalue weighted by Crippen LogP contribution is 2.23. The summed E-state index contributed by atoms with van der Waals surface area (Å²) in [6.07, 6.45) is 4.88. The number of anilines is 2. The van der Waals surface area contributed by atoms with Gasteiger partial charge in [-0.25, -0.2) is 13.4 Å². The zero-order chi connectivity index (χ0) is 28.7. The molecule has 4 N–H and O–H groups in total. The maximum atomic E-state index is 13.3. The van der Waals surface area contributed by atoms with Gasteiger partial charge in [-0.15, -0.1) is 0 Å². The molecule has 1 aromatic heterocycles. The van der Waals surface area contributed by atoms with Crippen molar-refractivity contribution < 1.29 is 22.4 Å². The van der Waals surface area contributed by atoms with Gasteiger partial charge in [0.2, 0.25) is 27.8 Å². The van der Waals surface area contributed by atoms with Crippen molar-refractivity contribution in [1.82, 2.24) is 15.5 Å². The summed E-state index contributed by atoms with van der Waals surface area (Å²) in [5.41, 5.74) is 2.62. The Morgan fingerprint density at radius 3 is 2.62 bits per heavy atom. The first-order chi connectivity index (χ1) is 19.1. The van der Waals surface area contributed by atoms with Crippen LogP contribution in [0.15, 0.2) is 57.9 Å². The summed E-state index contributed by atoms with van der Waals surface area (Å²) < 4.78 is 30.7. The number of aryl methyl sites for hydroxylation is 1. The van der Waals surface area contributed by atoms with Crippen LogP contribution >= 0.6 is 0 Å². The van der Waals surface area contributed by atoms with E-state index in [1.54, 1.807) is 30.3 Å². The summed E-state index contributed by atoms with van der Waals surface area (Å²) in [6.45, 7) is 2.39. The second-order valence-electron chi connectivity index (χ2n) is 9.57. The lowest BCUT2D eigenvalue weighted by Gasteiger charge is -2.22. The number of nitriles is 1. The average Bonchev–Trinajstić information content (AvgIpc) is 3.18. The van der Waals surface area contributed by atoms with E-state index >= 15 is 0 Å². The van der Waals surface area contributed by atoms with Crippen LogP contribution in [-0.2, 0) is 26.2 Å². The lowest BCUT2D eigenvalue weighted by molar-refractivity contribution is -0.136. The fourth-order valence-electron chi connectivity index (χ4n) is 4.39. The number of likely N-dealkylation sites (tertiary alicyclic amines) is 1. The minimum atomic E-state index is -3.37. The van der Waals surface area contributed by atoms with Crippen LogP contribution in [0.3, 0.4) is 0 Å². The van der Waals surface area contributed by atoms with Crippen LogP contribution in [0.4, 0.5) is 11.4 Å². The number of hydrogen-bond donors (Lipinski definition) is 4. The largest absolute Gasteiger partial charge is 0.461 e. The maximum Gasteiger partial charge on any atom is 0.247 e. The molecule has 13 heteroatoms. The highest BCUT2D eigenvalue weighted by Gasteiger charge is 2.28. The van der Waals surface area contributed by atoms with E-state index in [1.165, 1.54) is 4.90 Å². The molecule has 0 radical (unpaired) electrons. The number of sulfonamides is 1. The third-order valence-corrected chi connectivity index (χ3v) is 6.80. The lowest BCUT2D eigenvalue weighted by Crippen LogP contribution is -2.44. The predicted octanol–water partition coefficient (Wildman–Crippen LogP) is 2.65. The van der Waals surface area contributed by atoms with E-state index in [0.29, 0.717) is 24.3 Å². The molecule has 1 fully saturated rings. The summed E-state index contributed by atoms with van der Waals surface area (Å²) in [7, 11) is -3.37. The number of nitrogens with one attached hydrogen (secondary N) is 4. The number of hydrogen-bond acceptors (Lipinski definition) is 7. The van der Waals surface area contributed by atoms with E-state index in [9.17, 15) is 23.3 Å². The minimum Gasteiger partial charge on any atom is -0.461 e. The van der Waals surface area contributed by atoms with Gasteiger partial charge in [-0.05, 0) is 68.1 Å². The molecule has 2 heterocycles. The summed E-state index contributed by atoms with van der Waals surface area (Å²) in [4.78, 5) is 32.0. The molecule has 4 rings (SSSR count). The molecule has 2 amide bonds. The van der Waals surface area contributed by atoms with Crippen LogP contribution < -0.4 is 20.7 Å². The van der Waals surface area contributed by atoms with E-state index in [0.717, 1.165) is 41.4 Å². The lowest BCUT2D eigenvalue weighted by atomic mass is 10.1. The summed E-state index contributed by atoms with van der Waals surface area (Å²) in [6, 6.07) is 13.2.